The number of furan rings is 1. The van der Waals surface area contributed by atoms with Gasteiger partial charge in [-0.05, 0) is 37.1 Å². The number of hydrazine groups is 1. The standard InChI is InChI=1S/C13H15FN2O/c1-9-5-11(8-17-9)13(16-15)7-10-3-2-4-12(14)6-10/h2-6,8,13,16H,7,15H2,1H3. The summed E-state index contributed by atoms with van der Waals surface area (Å²) in [7, 11) is 0. The Morgan fingerprint density at radius 1 is 1.41 bits per heavy atom. The van der Waals surface area contributed by atoms with Crippen LogP contribution in [0.15, 0.2) is 41.0 Å². The fourth-order valence-electron chi connectivity index (χ4n) is 1.82. The van der Waals surface area contributed by atoms with Crippen molar-refractivity contribution in [2.24, 2.45) is 5.84 Å². The third kappa shape index (κ3) is 2.93. The summed E-state index contributed by atoms with van der Waals surface area (Å²) < 4.78 is 18.3. The SMILES string of the molecule is Cc1cc(C(Cc2cccc(F)c2)NN)co1. The molecule has 0 saturated carbocycles. The summed E-state index contributed by atoms with van der Waals surface area (Å²) in [6.07, 6.45) is 2.28. The van der Waals surface area contributed by atoms with Crippen LogP contribution in [0.3, 0.4) is 0 Å². The van der Waals surface area contributed by atoms with E-state index in [2.05, 4.69) is 5.43 Å². The number of aryl methyl sites for hydroxylation is 1. The first kappa shape index (κ1) is 11.8. The number of benzene rings is 1. The van der Waals surface area contributed by atoms with Gasteiger partial charge in [0.15, 0.2) is 0 Å². The molecule has 0 fully saturated rings. The third-order valence-corrected chi connectivity index (χ3v) is 2.68. The predicted molar refractivity (Wildman–Crippen MR) is 63.6 cm³/mol. The van der Waals surface area contributed by atoms with Crippen molar-refractivity contribution in [1.82, 2.24) is 5.43 Å². The van der Waals surface area contributed by atoms with Gasteiger partial charge in [0.05, 0.1) is 12.3 Å². The van der Waals surface area contributed by atoms with Crippen LogP contribution < -0.4 is 11.3 Å². The molecule has 1 aromatic heterocycles. The van der Waals surface area contributed by atoms with Crippen LogP contribution in [0.1, 0.15) is 22.9 Å². The summed E-state index contributed by atoms with van der Waals surface area (Å²) in [6, 6.07) is 8.35. The molecule has 4 heteroatoms. The van der Waals surface area contributed by atoms with E-state index in [1.807, 2.05) is 19.1 Å². The molecule has 0 bridgehead atoms. The van der Waals surface area contributed by atoms with Gasteiger partial charge < -0.3 is 4.42 Å². The average molecular weight is 234 g/mol. The maximum Gasteiger partial charge on any atom is 0.123 e. The summed E-state index contributed by atoms with van der Waals surface area (Å²) in [5.74, 6) is 6.11. The van der Waals surface area contributed by atoms with Crippen LogP contribution in [0.25, 0.3) is 0 Å². The van der Waals surface area contributed by atoms with Gasteiger partial charge in [-0.15, -0.1) is 0 Å². The van der Waals surface area contributed by atoms with Gasteiger partial charge in [-0.25, -0.2) is 4.39 Å². The first-order valence-electron chi connectivity index (χ1n) is 5.44. The van der Waals surface area contributed by atoms with Crippen molar-refractivity contribution in [1.29, 1.82) is 0 Å². The first-order valence-corrected chi connectivity index (χ1v) is 5.44. The maximum absolute atomic E-state index is 13.1. The molecule has 1 heterocycles. The van der Waals surface area contributed by atoms with Gasteiger partial charge >= 0.3 is 0 Å². The normalized spacial score (nSPS) is 12.6. The van der Waals surface area contributed by atoms with Crippen molar-refractivity contribution in [3.8, 4) is 0 Å². The van der Waals surface area contributed by atoms with Gasteiger partial charge in [0.25, 0.3) is 0 Å². The molecule has 3 N–H and O–H groups in total. The van der Waals surface area contributed by atoms with E-state index < -0.39 is 0 Å². The van der Waals surface area contributed by atoms with E-state index in [1.165, 1.54) is 12.1 Å². The quantitative estimate of drug-likeness (QED) is 0.631. The van der Waals surface area contributed by atoms with E-state index in [0.29, 0.717) is 6.42 Å². The highest BCUT2D eigenvalue weighted by molar-refractivity contribution is 5.22. The molecule has 3 nitrogen and oxygen atoms in total. The van der Waals surface area contributed by atoms with Crippen LogP contribution in [0.4, 0.5) is 4.39 Å². The number of nitrogens with two attached hydrogens (primary N) is 1. The van der Waals surface area contributed by atoms with Gasteiger partial charge in [0.1, 0.15) is 11.6 Å². The second-order valence-electron chi connectivity index (χ2n) is 4.04. The molecule has 90 valence electrons. The van der Waals surface area contributed by atoms with E-state index in [1.54, 1.807) is 12.3 Å². The number of nitrogens with one attached hydrogen (secondary N) is 1. The van der Waals surface area contributed by atoms with E-state index in [0.717, 1.165) is 16.9 Å². The Hall–Kier alpha value is -1.65. The highest BCUT2D eigenvalue weighted by Gasteiger charge is 2.13. The molecule has 0 aliphatic heterocycles. The molecule has 2 rings (SSSR count). The van der Waals surface area contributed by atoms with Crippen LogP contribution in [0.2, 0.25) is 0 Å². The Kier molecular flexibility index (Phi) is 3.56. The minimum atomic E-state index is -0.235. The van der Waals surface area contributed by atoms with E-state index in [-0.39, 0.29) is 11.9 Å². The van der Waals surface area contributed by atoms with Crippen LogP contribution in [-0.4, -0.2) is 0 Å². The lowest BCUT2D eigenvalue weighted by atomic mass is 10.0. The molecule has 0 spiro atoms. The molecule has 0 aliphatic carbocycles. The zero-order chi connectivity index (χ0) is 12.3. The van der Waals surface area contributed by atoms with E-state index in [4.69, 9.17) is 10.3 Å². The van der Waals surface area contributed by atoms with E-state index >= 15 is 0 Å². The Morgan fingerprint density at radius 2 is 2.24 bits per heavy atom. The maximum atomic E-state index is 13.1. The van der Waals surface area contributed by atoms with Gasteiger partial charge in [0.2, 0.25) is 0 Å². The fraction of sp³-hybridized carbons (Fsp3) is 0.231. The fourth-order valence-corrected chi connectivity index (χ4v) is 1.82. The van der Waals surface area contributed by atoms with Crippen molar-refractivity contribution in [2.45, 2.75) is 19.4 Å². The molecule has 0 amide bonds. The molecule has 0 radical (unpaired) electrons. The minimum Gasteiger partial charge on any atom is -0.469 e. The summed E-state index contributed by atoms with van der Waals surface area (Å²) in [6.45, 7) is 1.87. The Morgan fingerprint density at radius 3 is 2.82 bits per heavy atom. The van der Waals surface area contributed by atoms with Crippen LogP contribution in [-0.2, 0) is 6.42 Å². The number of hydrogen-bond acceptors (Lipinski definition) is 3. The molecule has 0 saturated heterocycles. The molecule has 1 unspecified atom stereocenters. The molecule has 2 aromatic rings. The smallest absolute Gasteiger partial charge is 0.123 e. The van der Waals surface area contributed by atoms with Crippen molar-refractivity contribution in [2.75, 3.05) is 0 Å². The third-order valence-electron chi connectivity index (χ3n) is 2.68. The summed E-state index contributed by atoms with van der Waals surface area (Å²) in [5.41, 5.74) is 4.58. The Labute approximate surface area is 99.4 Å². The van der Waals surface area contributed by atoms with Crippen LogP contribution >= 0.6 is 0 Å². The Balaban J connectivity index is 2.15. The molecule has 0 aliphatic rings. The topological polar surface area (TPSA) is 51.2 Å². The van der Waals surface area contributed by atoms with Crippen LogP contribution in [0.5, 0.6) is 0 Å². The monoisotopic (exact) mass is 234 g/mol. The molecule has 1 atom stereocenters. The zero-order valence-electron chi connectivity index (χ0n) is 9.61. The summed E-state index contributed by atoms with van der Waals surface area (Å²) in [5, 5.41) is 0. The first-order chi connectivity index (χ1) is 8.19. The second-order valence-corrected chi connectivity index (χ2v) is 4.04. The number of hydrogen-bond donors (Lipinski definition) is 2. The lowest BCUT2D eigenvalue weighted by Crippen LogP contribution is -2.29. The lowest BCUT2D eigenvalue weighted by Gasteiger charge is -2.13. The number of halogens is 1. The summed E-state index contributed by atoms with van der Waals surface area (Å²) in [4.78, 5) is 0. The van der Waals surface area contributed by atoms with E-state index in [9.17, 15) is 4.39 Å². The second kappa shape index (κ2) is 5.12. The van der Waals surface area contributed by atoms with Crippen molar-refractivity contribution >= 4 is 0 Å². The largest absolute Gasteiger partial charge is 0.469 e. The Bertz CT molecular complexity index is 496. The van der Waals surface area contributed by atoms with Crippen molar-refractivity contribution in [3.05, 3.63) is 59.3 Å². The number of rotatable bonds is 4. The van der Waals surface area contributed by atoms with Crippen molar-refractivity contribution < 1.29 is 8.81 Å². The highest BCUT2D eigenvalue weighted by atomic mass is 19.1. The molecular formula is C13H15FN2O. The van der Waals surface area contributed by atoms with Gasteiger partial charge in [-0.3, -0.25) is 11.3 Å². The average Bonchev–Trinajstić information content (AvgIpc) is 2.73. The van der Waals surface area contributed by atoms with Crippen LogP contribution in [0, 0.1) is 12.7 Å². The van der Waals surface area contributed by atoms with Gasteiger partial charge in [-0.1, -0.05) is 12.1 Å². The molecule has 1 aromatic carbocycles. The zero-order valence-corrected chi connectivity index (χ0v) is 9.61. The van der Waals surface area contributed by atoms with Crippen molar-refractivity contribution in [3.63, 3.8) is 0 Å². The minimum absolute atomic E-state index is 0.0748. The molecule has 17 heavy (non-hydrogen) atoms. The van der Waals surface area contributed by atoms with Gasteiger partial charge in [-0.2, -0.15) is 0 Å². The lowest BCUT2D eigenvalue weighted by molar-refractivity contribution is 0.511. The summed E-state index contributed by atoms with van der Waals surface area (Å²) >= 11 is 0. The highest BCUT2D eigenvalue weighted by Crippen LogP contribution is 2.20. The van der Waals surface area contributed by atoms with Gasteiger partial charge in [0, 0.05) is 5.56 Å². The predicted octanol–water partition coefficient (Wildman–Crippen LogP) is 2.47. The molecular weight excluding hydrogens is 219 g/mol.